The Balaban J connectivity index is 1.80. The van der Waals surface area contributed by atoms with Crippen molar-refractivity contribution in [2.75, 3.05) is 19.6 Å². The summed E-state index contributed by atoms with van der Waals surface area (Å²) >= 11 is 0. The maximum atomic E-state index is 12.0. The minimum Gasteiger partial charge on any atom is -0.444 e. The molecule has 1 aliphatic rings. The first-order chi connectivity index (χ1) is 11.2. The number of nitrogens with zero attached hydrogens (tertiary/aromatic N) is 3. The van der Waals surface area contributed by atoms with Crippen LogP contribution < -0.4 is 5.32 Å². The molecule has 0 fully saturated rings. The van der Waals surface area contributed by atoms with Crippen molar-refractivity contribution in [2.45, 2.75) is 53.2 Å². The molecule has 0 radical (unpaired) electrons. The van der Waals surface area contributed by atoms with E-state index in [0.717, 1.165) is 25.2 Å². The third-order valence-corrected chi connectivity index (χ3v) is 4.27. The van der Waals surface area contributed by atoms with Gasteiger partial charge in [-0.2, -0.15) is 5.10 Å². The maximum absolute atomic E-state index is 12.0. The highest BCUT2D eigenvalue weighted by Crippen LogP contribution is 2.16. The molecule has 0 aromatic carbocycles. The Bertz CT molecular complexity index is 626. The number of hydrogen-bond acceptors (Lipinski definition) is 4. The molecule has 6 nitrogen and oxygen atoms in total. The van der Waals surface area contributed by atoms with Crippen LogP contribution in [0.4, 0.5) is 4.79 Å². The Labute approximate surface area is 144 Å². The first kappa shape index (κ1) is 18.5. The number of aryl methyl sites for hydroxylation is 2. The monoisotopic (exact) mass is 334 g/mol. The third kappa shape index (κ3) is 4.84. The Morgan fingerprint density at radius 3 is 2.54 bits per heavy atom. The number of hydrogen-bond donors (Lipinski definition) is 1. The summed E-state index contributed by atoms with van der Waals surface area (Å²) in [5.41, 5.74) is 4.45. The molecule has 134 valence electrons. The van der Waals surface area contributed by atoms with Crippen molar-refractivity contribution >= 4 is 6.09 Å². The molecule has 0 atom stereocenters. The lowest BCUT2D eigenvalue weighted by molar-refractivity contribution is 0.0265. The minimum absolute atomic E-state index is 0.229. The first-order valence-corrected chi connectivity index (χ1v) is 8.53. The van der Waals surface area contributed by atoms with Crippen LogP contribution in [0.2, 0.25) is 0 Å². The van der Waals surface area contributed by atoms with Crippen molar-refractivity contribution in [3.8, 4) is 0 Å². The van der Waals surface area contributed by atoms with Gasteiger partial charge in [0, 0.05) is 44.5 Å². The van der Waals surface area contributed by atoms with Crippen molar-refractivity contribution in [1.82, 2.24) is 20.0 Å². The van der Waals surface area contributed by atoms with Gasteiger partial charge in [-0.1, -0.05) is 11.6 Å². The second kappa shape index (κ2) is 7.38. The highest BCUT2D eigenvalue weighted by atomic mass is 16.6. The number of carbonyl (C=O) groups is 1. The van der Waals surface area contributed by atoms with Crippen LogP contribution in [0.25, 0.3) is 0 Å². The second-order valence-electron chi connectivity index (χ2n) is 7.42. The lowest BCUT2D eigenvalue weighted by Crippen LogP contribution is -2.39. The fourth-order valence-electron chi connectivity index (χ4n) is 2.79. The Morgan fingerprint density at radius 1 is 1.33 bits per heavy atom. The minimum atomic E-state index is -0.442. The van der Waals surface area contributed by atoms with E-state index in [1.807, 2.05) is 39.4 Å². The highest BCUT2D eigenvalue weighted by molar-refractivity contribution is 5.68. The van der Waals surface area contributed by atoms with Gasteiger partial charge in [-0.3, -0.25) is 4.68 Å². The molecular formula is C18H30N4O2. The smallest absolute Gasteiger partial charge is 0.410 e. The molecule has 0 bridgehead atoms. The quantitative estimate of drug-likeness (QED) is 0.860. The SMILES string of the molecule is Cc1nn(C)c(C)c1CNCC1=CCN(C(=O)OC(C)(C)C)CC1. The zero-order valence-electron chi connectivity index (χ0n) is 15.8. The van der Waals surface area contributed by atoms with Gasteiger partial charge >= 0.3 is 6.09 Å². The van der Waals surface area contributed by atoms with Crippen LogP contribution in [0.3, 0.4) is 0 Å². The summed E-state index contributed by atoms with van der Waals surface area (Å²) in [4.78, 5) is 13.8. The standard InChI is InChI=1S/C18H30N4O2/c1-13-16(14(2)21(6)20-13)12-19-11-15-7-9-22(10-8-15)17(23)24-18(3,4)5/h7,19H,8-12H2,1-6H3. The molecule has 24 heavy (non-hydrogen) atoms. The van der Waals surface area contributed by atoms with Gasteiger partial charge in [-0.15, -0.1) is 0 Å². The van der Waals surface area contributed by atoms with E-state index in [4.69, 9.17) is 4.74 Å². The fourth-order valence-corrected chi connectivity index (χ4v) is 2.79. The van der Waals surface area contributed by atoms with Gasteiger partial charge < -0.3 is 15.0 Å². The molecule has 1 N–H and O–H groups in total. The van der Waals surface area contributed by atoms with Crippen LogP contribution in [0, 0.1) is 13.8 Å². The Kier molecular flexibility index (Phi) is 5.70. The average molecular weight is 334 g/mol. The van der Waals surface area contributed by atoms with Crippen molar-refractivity contribution < 1.29 is 9.53 Å². The zero-order chi connectivity index (χ0) is 17.9. The summed E-state index contributed by atoms with van der Waals surface area (Å²) in [6, 6.07) is 0. The molecule has 0 saturated heterocycles. The van der Waals surface area contributed by atoms with Crippen molar-refractivity contribution in [2.24, 2.45) is 7.05 Å². The van der Waals surface area contributed by atoms with Gasteiger partial charge in [0.25, 0.3) is 0 Å². The van der Waals surface area contributed by atoms with E-state index in [1.54, 1.807) is 4.90 Å². The number of rotatable bonds is 4. The lowest BCUT2D eigenvalue weighted by atomic mass is 10.1. The van der Waals surface area contributed by atoms with Gasteiger partial charge in [-0.05, 0) is 41.0 Å². The van der Waals surface area contributed by atoms with E-state index in [0.29, 0.717) is 13.1 Å². The molecule has 2 heterocycles. The predicted molar refractivity (Wildman–Crippen MR) is 94.9 cm³/mol. The van der Waals surface area contributed by atoms with Crippen molar-refractivity contribution in [3.05, 3.63) is 28.6 Å². The summed E-state index contributed by atoms with van der Waals surface area (Å²) < 4.78 is 7.33. The molecule has 0 unspecified atom stereocenters. The molecule has 0 spiro atoms. The molecule has 0 aliphatic carbocycles. The molecule has 1 aliphatic heterocycles. The van der Waals surface area contributed by atoms with Gasteiger partial charge in [-0.25, -0.2) is 4.79 Å². The summed E-state index contributed by atoms with van der Waals surface area (Å²) in [5, 5.41) is 7.93. The zero-order valence-corrected chi connectivity index (χ0v) is 15.8. The molecule has 6 heteroatoms. The summed E-state index contributed by atoms with van der Waals surface area (Å²) in [7, 11) is 1.97. The van der Waals surface area contributed by atoms with E-state index < -0.39 is 5.60 Å². The van der Waals surface area contributed by atoms with Crippen LogP contribution in [0.5, 0.6) is 0 Å². The Hall–Kier alpha value is -1.82. The van der Waals surface area contributed by atoms with Crippen LogP contribution in [0.1, 0.15) is 44.1 Å². The molecule has 2 rings (SSSR count). The number of ether oxygens (including phenoxy) is 1. The van der Waals surface area contributed by atoms with Gasteiger partial charge in [0.1, 0.15) is 5.60 Å². The van der Waals surface area contributed by atoms with Crippen LogP contribution in [0.15, 0.2) is 11.6 Å². The van der Waals surface area contributed by atoms with E-state index in [-0.39, 0.29) is 6.09 Å². The second-order valence-corrected chi connectivity index (χ2v) is 7.42. The summed E-state index contributed by atoms with van der Waals surface area (Å²) in [5.74, 6) is 0. The van der Waals surface area contributed by atoms with E-state index >= 15 is 0 Å². The predicted octanol–water partition coefficient (Wildman–Crippen LogP) is 2.69. The maximum Gasteiger partial charge on any atom is 0.410 e. The fraction of sp³-hybridized carbons (Fsp3) is 0.667. The number of nitrogens with one attached hydrogen (secondary N) is 1. The highest BCUT2D eigenvalue weighted by Gasteiger charge is 2.23. The summed E-state index contributed by atoms with van der Waals surface area (Å²) in [6.45, 7) is 12.8. The van der Waals surface area contributed by atoms with Crippen LogP contribution in [-0.4, -0.2) is 46.0 Å². The number of aromatic nitrogens is 2. The number of amides is 1. The normalized spacial score (nSPS) is 15.4. The lowest BCUT2D eigenvalue weighted by Gasteiger charge is -2.29. The molecule has 1 amide bonds. The molecule has 1 aromatic rings. The van der Waals surface area contributed by atoms with Crippen molar-refractivity contribution in [1.29, 1.82) is 0 Å². The van der Waals surface area contributed by atoms with E-state index in [9.17, 15) is 4.79 Å². The molecular weight excluding hydrogens is 304 g/mol. The topological polar surface area (TPSA) is 59.4 Å². The van der Waals surface area contributed by atoms with E-state index in [1.165, 1.54) is 16.8 Å². The van der Waals surface area contributed by atoms with E-state index in [2.05, 4.69) is 23.4 Å². The van der Waals surface area contributed by atoms with Crippen LogP contribution in [-0.2, 0) is 18.3 Å². The van der Waals surface area contributed by atoms with Gasteiger partial charge in [0.15, 0.2) is 0 Å². The molecule has 1 aromatic heterocycles. The van der Waals surface area contributed by atoms with Crippen LogP contribution >= 0.6 is 0 Å². The summed E-state index contributed by atoms with van der Waals surface area (Å²) in [6.07, 6.45) is 2.79. The average Bonchev–Trinajstić information content (AvgIpc) is 2.72. The number of carbonyl (C=O) groups excluding carboxylic acids is 1. The largest absolute Gasteiger partial charge is 0.444 e. The van der Waals surface area contributed by atoms with Gasteiger partial charge in [0.05, 0.1) is 5.69 Å². The Morgan fingerprint density at radius 2 is 2.04 bits per heavy atom. The van der Waals surface area contributed by atoms with Crippen molar-refractivity contribution in [3.63, 3.8) is 0 Å². The first-order valence-electron chi connectivity index (χ1n) is 8.53. The molecule has 0 saturated carbocycles. The third-order valence-electron chi connectivity index (χ3n) is 4.27. The van der Waals surface area contributed by atoms with Gasteiger partial charge in [0.2, 0.25) is 0 Å².